The summed E-state index contributed by atoms with van der Waals surface area (Å²) in [6.45, 7) is 3.72. The maximum Gasteiger partial charge on any atom is 0.315 e. The van der Waals surface area contributed by atoms with Crippen LogP contribution < -0.4 is 20.9 Å². The van der Waals surface area contributed by atoms with Crippen LogP contribution in [0.15, 0.2) is 102 Å². The van der Waals surface area contributed by atoms with Crippen LogP contribution in [0.4, 0.5) is 16.6 Å². The van der Waals surface area contributed by atoms with Gasteiger partial charge < -0.3 is 45.4 Å². The Morgan fingerprint density at radius 1 is 0.964 bits per heavy atom. The van der Waals surface area contributed by atoms with Gasteiger partial charge in [0, 0.05) is 44.2 Å². The number of imidazole rings is 1. The fourth-order valence-electron chi connectivity index (χ4n) is 7.25. The first-order chi connectivity index (χ1) is 26.8. The van der Waals surface area contributed by atoms with E-state index in [1.807, 2.05) is 54.3 Å². The molecule has 0 radical (unpaired) electrons. The smallest absolute Gasteiger partial charge is 0.315 e. The van der Waals surface area contributed by atoms with Gasteiger partial charge in [0.05, 0.1) is 12.0 Å². The first kappa shape index (κ1) is 36.0. The number of nitrogens with one attached hydrogen (secondary N) is 3. The molecule has 2 aliphatic rings. The molecule has 0 bridgehead atoms. The molecule has 284 valence electrons. The molecular weight excluding hydrogens is 702 g/mol. The average molecular weight is 746 g/mol. The van der Waals surface area contributed by atoms with Gasteiger partial charge in [-0.25, -0.2) is 9.78 Å². The van der Waals surface area contributed by atoms with E-state index < -0.39 is 24.5 Å². The summed E-state index contributed by atoms with van der Waals surface area (Å²) in [6, 6.07) is 28.5. The molecule has 15 heteroatoms. The molecule has 55 heavy (non-hydrogen) atoms. The number of amides is 2. The number of nitrogens with zero attached hydrogens (tertiary/aromatic N) is 6. The number of aliphatic hydroxyl groups is 2. The summed E-state index contributed by atoms with van der Waals surface area (Å²) >= 11 is 0. The fraction of sp³-hybridized carbons (Fsp3) is 0.325. The van der Waals surface area contributed by atoms with Crippen LogP contribution >= 0.6 is 0 Å². The highest BCUT2D eigenvalue weighted by atomic mass is 16.6. The second kappa shape index (κ2) is 15.8. The van der Waals surface area contributed by atoms with Crippen molar-refractivity contribution in [3.8, 4) is 5.75 Å². The van der Waals surface area contributed by atoms with Crippen LogP contribution in [-0.4, -0.2) is 83.9 Å². The topological polar surface area (TPSA) is 196 Å². The number of urea groups is 1. The quantitative estimate of drug-likeness (QED) is 0.104. The van der Waals surface area contributed by atoms with Crippen LogP contribution in [0.25, 0.3) is 11.2 Å². The van der Waals surface area contributed by atoms with E-state index in [9.17, 15) is 20.1 Å². The van der Waals surface area contributed by atoms with Crippen molar-refractivity contribution in [2.24, 2.45) is 0 Å². The van der Waals surface area contributed by atoms with Gasteiger partial charge >= 0.3 is 6.03 Å². The molecule has 0 spiro atoms. The van der Waals surface area contributed by atoms with E-state index >= 15 is 0 Å². The molecule has 15 nitrogen and oxygen atoms in total. The number of hydrogen-bond acceptors (Lipinski definition) is 12. The first-order valence-electron chi connectivity index (χ1n) is 18.5. The summed E-state index contributed by atoms with van der Waals surface area (Å²) in [5.41, 5.74) is 4.62. The lowest BCUT2D eigenvalue weighted by atomic mass is 9.91. The summed E-state index contributed by atoms with van der Waals surface area (Å²) in [6.07, 6.45) is -1.78. The normalized spacial score (nSPS) is 21.0. The standard InChI is InChI=1S/C40H43N9O6/c1-2-27-19-31(55-47-27)35-33(51)34(52)38(54-35)49-23-43-32-36(41-21-30(25-11-5-3-6-12-25)26-13-7-4-8-14-26)45-39(46-37(32)49)48-17-16-28(22-48)44-40(53)42-20-24-10-9-15-29(50)18-24/h3-15,18-19,23,28,30,33-35,38,50-52H,2,16-17,20-22H2,1H3,(H,41,45,46)(H2,42,44,53)/t28-,33+,34-,35-,38-/m1/s1. The minimum absolute atomic E-state index is 0.0116. The number of hydrogen-bond donors (Lipinski definition) is 6. The van der Waals surface area contributed by atoms with E-state index in [0.29, 0.717) is 66.9 Å². The Bertz CT molecular complexity index is 2190. The van der Waals surface area contributed by atoms with Crippen LogP contribution in [-0.2, 0) is 17.7 Å². The third-order valence-corrected chi connectivity index (χ3v) is 10.2. The van der Waals surface area contributed by atoms with E-state index in [0.717, 1.165) is 16.7 Å². The summed E-state index contributed by atoms with van der Waals surface area (Å²) in [4.78, 5) is 29.5. The molecule has 0 aliphatic carbocycles. The average Bonchev–Trinajstić information content (AvgIpc) is 4.02. The highest BCUT2D eigenvalue weighted by Crippen LogP contribution is 2.41. The van der Waals surface area contributed by atoms with Gasteiger partial charge in [-0.2, -0.15) is 9.97 Å². The van der Waals surface area contributed by atoms with E-state index in [2.05, 4.69) is 45.4 Å². The summed E-state index contributed by atoms with van der Waals surface area (Å²) in [5, 5.41) is 45.7. The van der Waals surface area contributed by atoms with Gasteiger partial charge in [0.1, 0.15) is 24.1 Å². The number of ether oxygens (including phenoxy) is 1. The predicted octanol–water partition coefficient (Wildman–Crippen LogP) is 4.40. The highest BCUT2D eigenvalue weighted by molar-refractivity contribution is 5.84. The van der Waals surface area contributed by atoms with Crippen molar-refractivity contribution in [1.29, 1.82) is 0 Å². The van der Waals surface area contributed by atoms with Gasteiger partial charge in [0.2, 0.25) is 5.95 Å². The molecule has 2 saturated heterocycles. The van der Waals surface area contributed by atoms with Gasteiger partial charge in [-0.15, -0.1) is 0 Å². The van der Waals surface area contributed by atoms with Gasteiger partial charge in [0.25, 0.3) is 0 Å². The molecule has 6 N–H and O–H groups in total. The molecule has 0 unspecified atom stereocenters. The van der Waals surface area contributed by atoms with Crippen LogP contribution in [0.5, 0.6) is 5.75 Å². The Morgan fingerprint density at radius 2 is 1.73 bits per heavy atom. The lowest BCUT2D eigenvalue weighted by molar-refractivity contribution is -0.0434. The number of rotatable bonds is 12. The van der Waals surface area contributed by atoms with Crippen LogP contribution in [0.3, 0.4) is 0 Å². The van der Waals surface area contributed by atoms with E-state index in [1.165, 1.54) is 6.33 Å². The molecule has 6 aromatic rings. The van der Waals surface area contributed by atoms with Crippen molar-refractivity contribution < 1.29 is 29.4 Å². The Hall–Kier alpha value is -6.03. The Kier molecular flexibility index (Phi) is 10.3. The third-order valence-electron chi connectivity index (χ3n) is 10.2. The molecule has 3 aromatic heterocycles. The second-order valence-corrected chi connectivity index (χ2v) is 13.9. The molecule has 5 atom stereocenters. The molecular formula is C40H43N9O6. The zero-order chi connectivity index (χ0) is 37.9. The zero-order valence-corrected chi connectivity index (χ0v) is 30.2. The zero-order valence-electron chi connectivity index (χ0n) is 30.2. The number of phenols is 1. The fourth-order valence-corrected chi connectivity index (χ4v) is 7.25. The van der Waals surface area contributed by atoms with Crippen molar-refractivity contribution in [1.82, 2.24) is 35.3 Å². The van der Waals surface area contributed by atoms with Crippen molar-refractivity contribution in [3.63, 3.8) is 0 Å². The number of fused-ring (bicyclic) bond motifs is 1. The third kappa shape index (κ3) is 7.67. The van der Waals surface area contributed by atoms with E-state index in [4.69, 9.17) is 24.2 Å². The lowest BCUT2D eigenvalue weighted by Crippen LogP contribution is -2.43. The van der Waals surface area contributed by atoms with Gasteiger partial charge in [-0.3, -0.25) is 4.57 Å². The molecule has 8 rings (SSSR count). The molecule has 3 aromatic carbocycles. The Balaban J connectivity index is 1.07. The first-order valence-corrected chi connectivity index (χ1v) is 18.5. The summed E-state index contributed by atoms with van der Waals surface area (Å²) < 4.78 is 13.3. The number of anilines is 2. The molecule has 0 saturated carbocycles. The maximum absolute atomic E-state index is 12.8. The van der Waals surface area contributed by atoms with Crippen LogP contribution in [0.2, 0.25) is 0 Å². The minimum atomic E-state index is -1.33. The summed E-state index contributed by atoms with van der Waals surface area (Å²) in [5.74, 6) is 1.34. The predicted molar refractivity (Wildman–Crippen MR) is 203 cm³/mol. The van der Waals surface area contributed by atoms with Gasteiger partial charge in [-0.05, 0) is 41.7 Å². The number of aliphatic hydroxyl groups excluding tert-OH is 2. The highest BCUT2D eigenvalue weighted by Gasteiger charge is 2.47. The van der Waals surface area contributed by atoms with Crippen molar-refractivity contribution in [2.75, 3.05) is 29.9 Å². The Morgan fingerprint density at radius 3 is 2.44 bits per heavy atom. The van der Waals surface area contributed by atoms with Crippen LogP contribution in [0, 0.1) is 0 Å². The van der Waals surface area contributed by atoms with Crippen molar-refractivity contribution in [2.45, 2.75) is 62.8 Å². The molecule has 5 heterocycles. The number of benzene rings is 3. The van der Waals surface area contributed by atoms with Crippen LogP contribution in [0.1, 0.15) is 59.7 Å². The van der Waals surface area contributed by atoms with Gasteiger partial charge in [-0.1, -0.05) is 84.9 Å². The maximum atomic E-state index is 12.8. The number of carbonyl (C=O) groups is 1. The minimum Gasteiger partial charge on any atom is -0.508 e. The number of aromatic nitrogens is 5. The lowest BCUT2D eigenvalue weighted by Gasteiger charge is -2.22. The Labute approximate surface area is 317 Å². The largest absolute Gasteiger partial charge is 0.508 e. The number of phenolic OH excluding ortho intramolecular Hbond substituents is 1. The molecule has 2 fully saturated rings. The van der Waals surface area contributed by atoms with E-state index in [1.54, 1.807) is 28.8 Å². The molecule has 2 aliphatic heterocycles. The SMILES string of the molecule is CCc1cc([C@H]2O[C@@H](n3cnc4c(NCC(c5ccccc5)c5ccccc5)nc(N5CC[C@@H](NC(=O)NCc6cccc(O)c6)C5)nc43)[C@H](O)[C@@H]2O)on1. The number of carbonyl (C=O) groups excluding carboxylic acids is 1. The van der Waals surface area contributed by atoms with E-state index in [-0.39, 0.29) is 30.3 Å². The van der Waals surface area contributed by atoms with Gasteiger partial charge in [0.15, 0.2) is 29.0 Å². The number of aromatic hydroxyl groups is 1. The molecule has 2 amide bonds. The number of aryl methyl sites for hydroxylation is 1. The van der Waals surface area contributed by atoms with Crippen molar-refractivity contribution >= 4 is 29.0 Å². The van der Waals surface area contributed by atoms with Crippen molar-refractivity contribution in [3.05, 3.63) is 125 Å². The second-order valence-electron chi connectivity index (χ2n) is 13.9. The summed E-state index contributed by atoms with van der Waals surface area (Å²) in [7, 11) is 0. The monoisotopic (exact) mass is 745 g/mol.